The summed E-state index contributed by atoms with van der Waals surface area (Å²) in [6.07, 6.45) is 4.49. The molecule has 1 aromatic heterocycles. The van der Waals surface area contributed by atoms with Gasteiger partial charge in [0.1, 0.15) is 0 Å². The molecular weight excluding hydrogens is 256 g/mol. The van der Waals surface area contributed by atoms with Gasteiger partial charge in [0.05, 0.1) is 5.52 Å². The van der Waals surface area contributed by atoms with Crippen molar-refractivity contribution in [3.8, 4) is 11.1 Å². The predicted octanol–water partition coefficient (Wildman–Crippen LogP) is 4.15. The number of aromatic nitrogens is 1. The largest absolute Gasteiger partial charge is 0.310 e. The van der Waals surface area contributed by atoms with E-state index in [2.05, 4.69) is 58.8 Å². The fourth-order valence-corrected chi connectivity index (χ4v) is 2.74. The molecule has 3 aromatic rings. The first-order valence-electron chi connectivity index (χ1n) is 7.56. The fourth-order valence-electron chi connectivity index (χ4n) is 2.74. The molecule has 0 saturated heterocycles. The highest BCUT2D eigenvalue weighted by Gasteiger charge is 2.20. The van der Waals surface area contributed by atoms with Crippen molar-refractivity contribution in [2.45, 2.75) is 25.4 Å². The molecule has 2 aromatic carbocycles. The van der Waals surface area contributed by atoms with Crippen LogP contribution in [-0.4, -0.2) is 11.0 Å². The minimum absolute atomic E-state index is 0.735. The van der Waals surface area contributed by atoms with Crippen LogP contribution in [0, 0.1) is 0 Å². The minimum atomic E-state index is 0.735. The molecule has 0 unspecified atom stereocenters. The number of nitrogens with one attached hydrogen (secondary N) is 1. The van der Waals surface area contributed by atoms with Gasteiger partial charge < -0.3 is 5.32 Å². The highest BCUT2D eigenvalue weighted by molar-refractivity contribution is 5.84. The van der Waals surface area contributed by atoms with Gasteiger partial charge in [-0.15, -0.1) is 0 Å². The first kappa shape index (κ1) is 12.5. The Morgan fingerprint density at radius 1 is 1.00 bits per heavy atom. The lowest BCUT2D eigenvalue weighted by Crippen LogP contribution is -2.15. The summed E-state index contributed by atoms with van der Waals surface area (Å²) in [7, 11) is 0. The molecule has 0 atom stereocenters. The van der Waals surface area contributed by atoms with E-state index in [-0.39, 0.29) is 0 Å². The van der Waals surface area contributed by atoms with Crippen LogP contribution in [-0.2, 0) is 6.54 Å². The van der Waals surface area contributed by atoms with Crippen LogP contribution in [0.25, 0.3) is 22.0 Å². The second-order valence-corrected chi connectivity index (χ2v) is 5.72. The maximum atomic E-state index is 4.39. The van der Waals surface area contributed by atoms with Crippen LogP contribution < -0.4 is 5.32 Å². The van der Waals surface area contributed by atoms with Gasteiger partial charge in [0.2, 0.25) is 0 Å². The Labute approximate surface area is 124 Å². The molecule has 1 fully saturated rings. The molecule has 1 N–H and O–H groups in total. The van der Waals surface area contributed by atoms with Gasteiger partial charge in [-0.3, -0.25) is 4.98 Å². The van der Waals surface area contributed by atoms with Crippen molar-refractivity contribution in [2.75, 3.05) is 0 Å². The van der Waals surface area contributed by atoms with E-state index in [0.717, 1.165) is 18.1 Å². The van der Waals surface area contributed by atoms with Gasteiger partial charge in [-0.2, -0.15) is 0 Å². The molecule has 21 heavy (non-hydrogen) atoms. The van der Waals surface area contributed by atoms with Crippen LogP contribution in [0.3, 0.4) is 0 Å². The predicted molar refractivity (Wildman–Crippen MR) is 87.0 cm³/mol. The number of benzene rings is 2. The molecule has 104 valence electrons. The van der Waals surface area contributed by atoms with Crippen LogP contribution in [0.5, 0.6) is 0 Å². The molecule has 1 heterocycles. The van der Waals surface area contributed by atoms with Crippen molar-refractivity contribution in [1.29, 1.82) is 0 Å². The Hall–Kier alpha value is -2.19. The molecule has 4 rings (SSSR count). The summed E-state index contributed by atoms with van der Waals surface area (Å²) in [5.74, 6) is 0. The Kier molecular flexibility index (Phi) is 3.17. The second-order valence-electron chi connectivity index (χ2n) is 5.72. The maximum absolute atomic E-state index is 4.39. The van der Waals surface area contributed by atoms with Crippen LogP contribution in [0.1, 0.15) is 18.4 Å². The quantitative estimate of drug-likeness (QED) is 0.773. The third-order valence-electron chi connectivity index (χ3n) is 4.09. The maximum Gasteiger partial charge on any atom is 0.0702 e. The van der Waals surface area contributed by atoms with E-state index in [1.165, 1.54) is 34.9 Å². The van der Waals surface area contributed by atoms with E-state index in [1.807, 2.05) is 12.3 Å². The Morgan fingerprint density at radius 2 is 1.90 bits per heavy atom. The SMILES string of the molecule is c1ccc(-c2ccc3ncccc3c2)c(CNC2CC2)c1. The molecule has 1 aliphatic rings. The zero-order valence-electron chi connectivity index (χ0n) is 11.9. The van der Waals surface area contributed by atoms with Crippen molar-refractivity contribution >= 4 is 10.9 Å². The molecule has 0 radical (unpaired) electrons. The summed E-state index contributed by atoms with van der Waals surface area (Å²) in [6.45, 7) is 0.950. The zero-order valence-corrected chi connectivity index (χ0v) is 11.9. The number of fused-ring (bicyclic) bond motifs is 1. The highest BCUT2D eigenvalue weighted by Crippen LogP contribution is 2.27. The van der Waals surface area contributed by atoms with E-state index in [1.54, 1.807) is 0 Å². The third-order valence-corrected chi connectivity index (χ3v) is 4.09. The smallest absolute Gasteiger partial charge is 0.0702 e. The average molecular weight is 274 g/mol. The molecule has 1 aliphatic carbocycles. The van der Waals surface area contributed by atoms with Crippen molar-refractivity contribution in [2.24, 2.45) is 0 Å². The van der Waals surface area contributed by atoms with Gasteiger partial charge in [0.15, 0.2) is 0 Å². The van der Waals surface area contributed by atoms with E-state index in [9.17, 15) is 0 Å². The van der Waals surface area contributed by atoms with Gasteiger partial charge >= 0.3 is 0 Å². The van der Waals surface area contributed by atoms with Gasteiger partial charge in [-0.1, -0.05) is 36.4 Å². The lowest BCUT2D eigenvalue weighted by atomic mass is 9.98. The summed E-state index contributed by atoms with van der Waals surface area (Å²) in [4.78, 5) is 4.39. The summed E-state index contributed by atoms with van der Waals surface area (Å²) in [5, 5.41) is 4.80. The van der Waals surface area contributed by atoms with E-state index >= 15 is 0 Å². The number of nitrogens with zero attached hydrogens (tertiary/aromatic N) is 1. The van der Waals surface area contributed by atoms with Crippen LogP contribution in [0.2, 0.25) is 0 Å². The second kappa shape index (κ2) is 5.30. The molecule has 1 saturated carbocycles. The Bertz CT molecular complexity index is 775. The normalized spacial score (nSPS) is 14.5. The summed E-state index contributed by atoms with van der Waals surface area (Å²) >= 11 is 0. The van der Waals surface area contributed by atoms with E-state index in [0.29, 0.717) is 0 Å². The van der Waals surface area contributed by atoms with Crippen molar-refractivity contribution in [1.82, 2.24) is 10.3 Å². The molecular formula is C19H18N2. The first-order chi connectivity index (χ1) is 10.4. The topological polar surface area (TPSA) is 24.9 Å². The Morgan fingerprint density at radius 3 is 2.81 bits per heavy atom. The molecule has 0 amide bonds. The fraction of sp³-hybridized carbons (Fsp3) is 0.211. The number of rotatable bonds is 4. The summed E-state index contributed by atoms with van der Waals surface area (Å²) in [5.41, 5.74) is 5.00. The van der Waals surface area contributed by atoms with Crippen LogP contribution in [0.15, 0.2) is 60.8 Å². The van der Waals surface area contributed by atoms with E-state index < -0.39 is 0 Å². The van der Waals surface area contributed by atoms with Gasteiger partial charge in [-0.05, 0) is 47.7 Å². The van der Waals surface area contributed by atoms with Gasteiger partial charge in [0.25, 0.3) is 0 Å². The number of pyridine rings is 1. The molecule has 2 heteroatoms. The number of hydrogen-bond donors (Lipinski definition) is 1. The third kappa shape index (κ3) is 2.67. The average Bonchev–Trinajstić information content (AvgIpc) is 3.37. The molecule has 0 bridgehead atoms. The summed E-state index contributed by atoms with van der Waals surface area (Å²) < 4.78 is 0. The van der Waals surface area contributed by atoms with Crippen molar-refractivity contribution in [3.63, 3.8) is 0 Å². The lowest BCUT2D eigenvalue weighted by molar-refractivity contribution is 0.689. The van der Waals surface area contributed by atoms with Gasteiger partial charge in [0, 0.05) is 24.2 Å². The minimum Gasteiger partial charge on any atom is -0.310 e. The standard InChI is InChI=1S/C19H18N2/c1-2-6-18(16(4-1)13-21-17-8-9-17)14-7-10-19-15(12-14)5-3-11-20-19/h1-7,10-12,17,21H,8-9,13H2. The number of hydrogen-bond acceptors (Lipinski definition) is 2. The zero-order chi connectivity index (χ0) is 14.1. The van der Waals surface area contributed by atoms with Crippen LogP contribution >= 0.6 is 0 Å². The monoisotopic (exact) mass is 274 g/mol. The van der Waals surface area contributed by atoms with Crippen molar-refractivity contribution < 1.29 is 0 Å². The van der Waals surface area contributed by atoms with Crippen molar-refractivity contribution in [3.05, 3.63) is 66.4 Å². The Balaban J connectivity index is 1.72. The lowest BCUT2D eigenvalue weighted by Gasteiger charge is -2.11. The summed E-state index contributed by atoms with van der Waals surface area (Å²) in [6, 6.07) is 20.0. The molecule has 0 aliphatic heterocycles. The van der Waals surface area contributed by atoms with Crippen LogP contribution in [0.4, 0.5) is 0 Å². The van der Waals surface area contributed by atoms with E-state index in [4.69, 9.17) is 0 Å². The van der Waals surface area contributed by atoms with Gasteiger partial charge in [-0.25, -0.2) is 0 Å². The highest BCUT2D eigenvalue weighted by atomic mass is 14.9. The molecule has 2 nitrogen and oxygen atoms in total. The first-order valence-corrected chi connectivity index (χ1v) is 7.56. The molecule has 0 spiro atoms.